The van der Waals surface area contributed by atoms with E-state index in [-0.39, 0.29) is 12.5 Å². The van der Waals surface area contributed by atoms with Crippen molar-refractivity contribution in [3.8, 4) is 0 Å². The first kappa shape index (κ1) is 18.3. The van der Waals surface area contributed by atoms with Crippen LogP contribution in [0.2, 0.25) is 5.02 Å². The first-order valence-electron chi connectivity index (χ1n) is 8.03. The normalized spacial score (nSPS) is 11.8. The van der Waals surface area contributed by atoms with Gasteiger partial charge in [0.25, 0.3) is 0 Å². The van der Waals surface area contributed by atoms with E-state index < -0.39 is 6.10 Å². The Balaban J connectivity index is 2.09. The fraction of sp³-hybridized carbons (Fsp3) is 0.316. The number of benzene rings is 2. The van der Waals surface area contributed by atoms with Crippen molar-refractivity contribution >= 4 is 28.9 Å². The zero-order chi connectivity index (χ0) is 17.5. The molecular weight excluding hydrogens is 324 g/mol. The standard InChI is InChI=1S/C19H23ClN2O2/c1-3-16(23)12-22(15-7-5-4-6-8-15)13-19(24)21-18-10-9-14(2)11-17(18)20/h4-11,16,23H,3,12-13H2,1-2H3,(H,21,24). The van der Waals surface area contributed by atoms with Crippen LogP contribution in [0.1, 0.15) is 18.9 Å². The van der Waals surface area contributed by atoms with E-state index >= 15 is 0 Å². The predicted octanol–water partition coefficient (Wildman–Crippen LogP) is 3.86. The molecular formula is C19H23ClN2O2. The molecule has 0 spiro atoms. The van der Waals surface area contributed by atoms with E-state index in [0.717, 1.165) is 11.3 Å². The summed E-state index contributed by atoms with van der Waals surface area (Å²) in [7, 11) is 0. The molecule has 0 fully saturated rings. The minimum Gasteiger partial charge on any atom is -0.391 e. The second kappa shape index (κ2) is 8.71. The lowest BCUT2D eigenvalue weighted by Crippen LogP contribution is -2.38. The van der Waals surface area contributed by atoms with E-state index in [9.17, 15) is 9.90 Å². The van der Waals surface area contributed by atoms with E-state index in [2.05, 4.69) is 5.32 Å². The summed E-state index contributed by atoms with van der Waals surface area (Å²) < 4.78 is 0. The van der Waals surface area contributed by atoms with Crippen LogP contribution < -0.4 is 10.2 Å². The van der Waals surface area contributed by atoms with E-state index in [1.54, 1.807) is 6.07 Å². The number of aliphatic hydroxyl groups is 1. The van der Waals surface area contributed by atoms with Crippen molar-refractivity contribution < 1.29 is 9.90 Å². The van der Waals surface area contributed by atoms with Crippen molar-refractivity contribution in [1.82, 2.24) is 0 Å². The maximum Gasteiger partial charge on any atom is 0.243 e. The van der Waals surface area contributed by atoms with Crippen LogP contribution in [0.3, 0.4) is 0 Å². The molecule has 2 rings (SSSR count). The van der Waals surface area contributed by atoms with Gasteiger partial charge < -0.3 is 15.3 Å². The van der Waals surface area contributed by atoms with Crippen molar-refractivity contribution in [3.63, 3.8) is 0 Å². The smallest absolute Gasteiger partial charge is 0.243 e. The SMILES string of the molecule is CCC(O)CN(CC(=O)Nc1ccc(C)cc1Cl)c1ccccc1. The largest absolute Gasteiger partial charge is 0.391 e. The Morgan fingerprint density at radius 1 is 1.25 bits per heavy atom. The summed E-state index contributed by atoms with van der Waals surface area (Å²) in [6, 6.07) is 15.1. The Labute approximate surface area is 148 Å². The molecule has 0 aromatic heterocycles. The highest BCUT2D eigenvalue weighted by Crippen LogP contribution is 2.23. The van der Waals surface area contributed by atoms with Gasteiger partial charge in [0.1, 0.15) is 0 Å². The number of hydrogen-bond donors (Lipinski definition) is 2. The summed E-state index contributed by atoms with van der Waals surface area (Å²) in [6.45, 7) is 4.40. The van der Waals surface area contributed by atoms with Gasteiger partial charge in [-0.1, -0.05) is 42.8 Å². The molecule has 0 radical (unpaired) electrons. The Bertz CT molecular complexity index is 676. The number of para-hydroxylation sites is 1. The van der Waals surface area contributed by atoms with Gasteiger partial charge in [-0.2, -0.15) is 0 Å². The summed E-state index contributed by atoms with van der Waals surface area (Å²) in [5.74, 6) is -0.173. The molecule has 4 nitrogen and oxygen atoms in total. The highest BCUT2D eigenvalue weighted by atomic mass is 35.5. The van der Waals surface area contributed by atoms with Crippen LogP contribution in [-0.4, -0.2) is 30.2 Å². The lowest BCUT2D eigenvalue weighted by molar-refractivity contribution is -0.115. The van der Waals surface area contributed by atoms with Gasteiger partial charge in [0.15, 0.2) is 0 Å². The number of aryl methyl sites for hydroxylation is 1. The number of halogens is 1. The molecule has 1 atom stereocenters. The van der Waals surface area contributed by atoms with Crippen molar-refractivity contribution in [2.75, 3.05) is 23.3 Å². The van der Waals surface area contributed by atoms with E-state index in [4.69, 9.17) is 11.6 Å². The highest BCUT2D eigenvalue weighted by molar-refractivity contribution is 6.33. The second-order valence-corrected chi connectivity index (χ2v) is 6.22. The van der Waals surface area contributed by atoms with Crippen molar-refractivity contribution in [2.45, 2.75) is 26.4 Å². The van der Waals surface area contributed by atoms with Gasteiger partial charge in [-0.15, -0.1) is 0 Å². The Hall–Kier alpha value is -2.04. The fourth-order valence-electron chi connectivity index (χ4n) is 2.37. The number of anilines is 2. The van der Waals surface area contributed by atoms with Gasteiger partial charge in [-0.25, -0.2) is 0 Å². The lowest BCUT2D eigenvalue weighted by Gasteiger charge is -2.26. The molecule has 0 aliphatic carbocycles. The summed E-state index contributed by atoms with van der Waals surface area (Å²) in [5, 5.41) is 13.3. The van der Waals surface area contributed by atoms with E-state index in [1.165, 1.54) is 0 Å². The maximum absolute atomic E-state index is 12.4. The van der Waals surface area contributed by atoms with Crippen molar-refractivity contribution in [1.29, 1.82) is 0 Å². The number of hydrogen-bond acceptors (Lipinski definition) is 3. The molecule has 2 N–H and O–H groups in total. The third-order valence-electron chi connectivity index (χ3n) is 3.76. The summed E-state index contributed by atoms with van der Waals surface area (Å²) in [5.41, 5.74) is 2.53. The third kappa shape index (κ3) is 5.25. The van der Waals surface area contributed by atoms with Gasteiger partial charge in [0, 0.05) is 12.2 Å². The average molecular weight is 347 g/mol. The molecule has 0 aliphatic heterocycles. The maximum atomic E-state index is 12.4. The zero-order valence-electron chi connectivity index (χ0n) is 14.0. The number of carbonyl (C=O) groups is 1. The highest BCUT2D eigenvalue weighted by Gasteiger charge is 2.15. The van der Waals surface area contributed by atoms with Crippen LogP contribution in [0.25, 0.3) is 0 Å². The Kier molecular flexibility index (Phi) is 6.64. The molecule has 128 valence electrons. The predicted molar refractivity (Wildman–Crippen MR) is 99.8 cm³/mol. The van der Waals surface area contributed by atoms with E-state index in [1.807, 2.05) is 61.2 Å². The third-order valence-corrected chi connectivity index (χ3v) is 4.07. The van der Waals surface area contributed by atoms with Gasteiger partial charge in [-0.3, -0.25) is 4.79 Å². The molecule has 1 amide bonds. The molecule has 0 heterocycles. The number of rotatable bonds is 7. The topological polar surface area (TPSA) is 52.6 Å². The average Bonchev–Trinajstić information content (AvgIpc) is 2.57. The summed E-state index contributed by atoms with van der Waals surface area (Å²) in [6.07, 6.45) is 0.148. The molecule has 2 aromatic rings. The molecule has 2 aromatic carbocycles. The van der Waals surface area contributed by atoms with E-state index in [0.29, 0.717) is 23.7 Å². The Morgan fingerprint density at radius 2 is 1.96 bits per heavy atom. The van der Waals surface area contributed by atoms with Gasteiger partial charge >= 0.3 is 0 Å². The molecule has 0 saturated heterocycles. The first-order chi connectivity index (χ1) is 11.5. The number of amides is 1. The van der Waals surface area contributed by atoms with Crippen LogP contribution in [0.5, 0.6) is 0 Å². The van der Waals surface area contributed by atoms with Crippen LogP contribution in [0.4, 0.5) is 11.4 Å². The molecule has 1 unspecified atom stereocenters. The molecule has 0 aliphatic rings. The molecule has 5 heteroatoms. The lowest BCUT2D eigenvalue weighted by atomic mass is 10.2. The van der Waals surface area contributed by atoms with Crippen LogP contribution in [0, 0.1) is 6.92 Å². The monoisotopic (exact) mass is 346 g/mol. The minimum atomic E-state index is -0.485. The zero-order valence-corrected chi connectivity index (χ0v) is 14.8. The Morgan fingerprint density at radius 3 is 2.58 bits per heavy atom. The van der Waals surface area contributed by atoms with Gasteiger partial charge in [-0.05, 0) is 43.2 Å². The number of nitrogens with one attached hydrogen (secondary N) is 1. The van der Waals surface area contributed by atoms with Gasteiger partial charge in [0.05, 0.1) is 23.4 Å². The van der Waals surface area contributed by atoms with Crippen molar-refractivity contribution in [3.05, 3.63) is 59.1 Å². The minimum absolute atomic E-state index is 0.144. The summed E-state index contributed by atoms with van der Waals surface area (Å²) in [4.78, 5) is 14.3. The molecule has 0 bridgehead atoms. The fourth-order valence-corrected chi connectivity index (χ4v) is 2.65. The van der Waals surface area contributed by atoms with Crippen LogP contribution in [-0.2, 0) is 4.79 Å². The van der Waals surface area contributed by atoms with Crippen molar-refractivity contribution in [2.24, 2.45) is 0 Å². The van der Waals surface area contributed by atoms with Crippen LogP contribution in [0.15, 0.2) is 48.5 Å². The number of nitrogens with zero attached hydrogens (tertiary/aromatic N) is 1. The van der Waals surface area contributed by atoms with Gasteiger partial charge in [0.2, 0.25) is 5.91 Å². The number of aliphatic hydroxyl groups excluding tert-OH is 1. The molecule has 24 heavy (non-hydrogen) atoms. The first-order valence-corrected chi connectivity index (χ1v) is 8.41. The quantitative estimate of drug-likeness (QED) is 0.800. The molecule has 0 saturated carbocycles. The number of carbonyl (C=O) groups excluding carboxylic acids is 1. The second-order valence-electron chi connectivity index (χ2n) is 5.81. The van der Waals surface area contributed by atoms with Crippen LogP contribution >= 0.6 is 11.6 Å². The summed E-state index contributed by atoms with van der Waals surface area (Å²) >= 11 is 6.17.